The predicted octanol–water partition coefficient (Wildman–Crippen LogP) is 5.35. The first-order valence-corrected chi connectivity index (χ1v) is 6.65. The first-order valence-electron chi connectivity index (χ1n) is 6.65. The van der Waals surface area contributed by atoms with Crippen molar-refractivity contribution in [2.45, 2.75) is 13.3 Å². The van der Waals surface area contributed by atoms with Crippen LogP contribution in [0.1, 0.15) is 12.5 Å². The molecular weight excluding hydrogens is 254 g/mol. The fourth-order valence-corrected chi connectivity index (χ4v) is 2.35. The Hall–Kier alpha value is -2.22. The van der Waals surface area contributed by atoms with Crippen LogP contribution in [-0.2, 0) is 6.42 Å². The average Bonchev–Trinajstić information content (AvgIpc) is 2.48. The van der Waals surface area contributed by atoms with Crippen LogP contribution in [0.4, 0.5) is 8.78 Å². The van der Waals surface area contributed by atoms with E-state index in [1.807, 2.05) is 18.2 Å². The molecule has 0 nitrogen and oxygen atoms in total. The second-order valence-electron chi connectivity index (χ2n) is 4.88. The minimum Gasteiger partial charge on any atom is -0.204 e. The van der Waals surface area contributed by atoms with Crippen LogP contribution >= 0.6 is 0 Å². The predicted molar refractivity (Wildman–Crippen MR) is 78.7 cm³/mol. The second kappa shape index (κ2) is 5.04. The summed E-state index contributed by atoms with van der Waals surface area (Å²) in [5.41, 5.74) is 3.36. The first kappa shape index (κ1) is 12.8. The molecule has 3 rings (SSSR count). The zero-order valence-corrected chi connectivity index (χ0v) is 11.2. The molecular formula is C18H14F2. The van der Waals surface area contributed by atoms with Crippen molar-refractivity contribution in [2.75, 3.05) is 0 Å². The molecule has 0 heterocycles. The highest BCUT2D eigenvalue weighted by atomic mass is 19.2. The van der Waals surface area contributed by atoms with Crippen molar-refractivity contribution in [3.8, 4) is 11.1 Å². The third-order valence-electron chi connectivity index (χ3n) is 3.57. The van der Waals surface area contributed by atoms with Gasteiger partial charge in [0, 0.05) is 0 Å². The number of halogens is 2. The molecule has 0 N–H and O–H groups in total. The van der Waals surface area contributed by atoms with Gasteiger partial charge in [0.05, 0.1) is 0 Å². The van der Waals surface area contributed by atoms with Gasteiger partial charge in [-0.05, 0) is 52.1 Å². The van der Waals surface area contributed by atoms with E-state index in [0.29, 0.717) is 10.8 Å². The van der Waals surface area contributed by atoms with E-state index in [2.05, 4.69) is 31.2 Å². The van der Waals surface area contributed by atoms with E-state index in [-0.39, 0.29) is 0 Å². The van der Waals surface area contributed by atoms with Crippen molar-refractivity contribution in [3.63, 3.8) is 0 Å². The summed E-state index contributed by atoms with van der Waals surface area (Å²) in [6.07, 6.45) is 1.00. The lowest BCUT2D eigenvalue weighted by atomic mass is 10.00. The summed E-state index contributed by atoms with van der Waals surface area (Å²) in [7, 11) is 0. The zero-order chi connectivity index (χ0) is 14.1. The van der Waals surface area contributed by atoms with Crippen molar-refractivity contribution in [1.82, 2.24) is 0 Å². The van der Waals surface area contributed by atoms with Gasteiger partial charge < -0.3 is 0 Å². The lowest BCUT2D eigenvalue weighted by Gasteiger charge is -2.06. The molecule has 0 atom stereocenters. The lowest BCUT2D eigenvalue weighted by molar-refractivity contribution is 0.511. The molecule has 0 aliphatic carbocycles. The molecule has 20 heavy (non-hydrogen) atoms. The smallest absolute Gasteiger partial charge is 0.159 e. The molecule has 0 unspecified atom stereocenters. The van der Waals surface area contributed by atoms with Gasteiger partial charge in [0.2, 0.25) is 0 Å². The molecule has 0 amide bonds. The van der Waals surface area contributed by atoms with Gasteiger partial charge in [0.1, 0.15) is 0 Å². The summed E-state index contributed by atoms with van der Waals surface area (Å²) >= 11 is 0. The van der Waals surface area contributed by atoms with Crippen LogP contribution in [-0.4, -0.2) is 0 Å². The van der Waals surface area contributed by atoms with E-state index in [4.69, 9.17) is 0 Å². The monoisotopic (exact) mass is 268 g/mol. The van der Waals surface area contributed by atoms with Crippen LogP contribution in [0.5, 0.6) is 0 Å². The maximum Gasteiger partial charge on any atom is 0.159 e. The molecule has 2 heteroatoms. The molecule has 3 aromatic rings. The average molecular weight is 268 g/mol. The van der Waals surface area contributed by atoms with Crippen molar-refractivity contribution in [2.24, 2.45) is 0 Å². The number of aryl methyl sites for hydroxylation is 1. The van der Waals surface area contributed by atoms with Crippen LogP contribution < -0.4 is 0 Å². The van der Waals surface area contributed by atoms with E-state index >= 15 is 0 Å². The number of benzene rings is 3. The molecule has 0 bridgehead atoms. The van der Waals surface area contributed by atoms with Crippen LogP contribution in [0, 0.1) is 11.6 Å². The highest BCUT2D eigenvalue weighted by molar-refractivity contribution is 5.87. The topological polar surface area (TPSA) is 0 Å². The van der Waals surface area contributed by atoms with E-state index < -0.39 is 11.6 Å². The quantitative estimate of drug-likeness (QED) is 0.588. The normalized spacial score (nSPS) is 10.9. The van der Waals surface area contributed by atoms with Crippen LogP contribution in [0.25, 0.3) is 21.9 Å². The van der Waals surface area contributed by atoms with Gasteiger partial charge in [-0.2, -0.15) is 0 Å². The Morgan fingerprint density at radius 2 is 1.30 bits per heavy atom. The number of hydrogen-bond acceptors (Lipinski definition) is 0. The van der Waals surface area contributed by atoms with Gasteiger partial charge in [-0.25, -0.2) is 8.78 Å². The summed E-state index contributed by atoms with van der Waals surface area (Å²) in [5.74, 6) is -1.62. The van der Waals surface area contributed by atoms with Gasteiger partial charge in [0.15, 0.2) is 11.6 Å². The maximum absolute atomic E-state index is 13.3. The zero-order valence-electron chi connectivity index (χ0n) is 11.2. The van der Waals surface area contributed by atoms with E-state index in [0.717, 1.165) is 17.5 Å². The number of fused-ring (bicyclic) bond motifs is 1. The highest BCUT2D eigenvalue weighted by Gasteiger charge is 2.05. The molecule has 0 radical (unpaired) electrons. The largest absolute Gasteiger partial charge is 0.204 e. The fraction of sp³-hybridized carbons (Fsp3) is 0.111. The summed E-state index contributed by atoms with van der Waals surface area (Å²) < 4.78 is 26.5. The van der Waals surface area contributed by atoms with Crippen LogP contribution in [0.2, 0.25) is 0 Å². The standard InChI is InChI=1S/C18H14F2/c1-2-12-3-5-13(6-4-12)14-7-8-15-10-17(19)18(20)11-16(15)9-14/h3-11H,2H2,1H3. The SMILES string of the molecule is CCc1ccc(-c2ccc3cc(F)c(F)cc3c2)cc1. The Morgan fingerprint density at radius 3 is 1.95 bits per heavy atom. The minimum absolute atomic E-state index is 0.706. The second-order valence-corrected chi connectivity index (χ2v) is 4.88. The number of hydrogen-bond donors (Lipinski definition) is 0. The third-order valence-corrected chi connectivity index (χ3v) is 3.57. The number of rotatable bonds is 2. The molecule has 100 valence electrons. The van der Waals surface area contributed by atoms with Gasteiger partial charge in [0.25, 0.3) is 0 Å². The Kier molecular flexibility index (Phi) is 3.23. The van der Waals surface area contributed by atoms with Gasteiger partial charge in [-0.3, -0.25) is 0 Å². The van der Waals surface area contributed by atoms with E-state index in [1.165, 1.54) is 17.7 Å². The van der Waals surface area contributed by atoms with Crippen molar-refractivity contribution in [3.05, 3.63) is 71.8 Å². The Labute approximate surface area is 116 Å². The first-order chi connectivity index (χ1) is 9.67. The molecule has 0 spiro atoms. The summed E-state index contributed by atoms with van der Waals surface area (Å²) in [6, 6.07) is 16.4. The minimum atomic E-state index is -0.809. The molecule has 0 saturated carbocycles. The van der Waals surface area contributed by atoms with Crippen molar-refractivity contribution in [1.29, 1.82) is 0 Å². The van der Waals surface area contributed by atoms with E-state index in [9.17, 15) is 8.78 Å². The Morgan fingerprint density at radius 1 is 0.700 bits per heavy atom. The molecule has 0 saturated heterocycles. The lowest BCUT2D eigenvalue weighted by Crippen LogP contribution is -1.86. The van der Waals surface area contributed by atoms with Crippen LogP contribution in [0.15, 0.2) is 54.6 Å². The molecule has 0 aromatic heterocycles. The third kappa shape index (κ3) is 2.29. The van der Waals surface area contributed by atoms with Crippen molar-refractivity contribution >= 4 is 10.8 Å². The van der Waals surface area contributed by atoms with Crippen LogP contribution in [0.3, 0.4) is 0 Å². The molecule has 0 fully saturated rings. The molecule has 3 aromatic carbocycles. The fourth-order valence-electron chi connectivity index (χ4n) is 2.35. The maximum atomic E-state index is 13.3. The summed E-state index contributed by atoms with van der Waals surface area (Å²) in [5, 5.41) is 1.42. The van der Waals surface area contributed by atoms with Gasteiger partial charge >= 0.3 is 0 Å². The van der Waals surface area contributed by atoms with Gasteiger partial charge in [-0.1, -0.05) is 43.3 Å². The molecule has 0 aliphatic rings. The van der Waals surface area contributed by atoms with Crippen molar-refractivity contribution < 1.29 is 8.78 Å². The highest BCUT2D eigenvalue weighted by Crippen LogP contribution is 2.26. The Balaban J connectivity index is 2.09. The molecule has 0 aliphatic heterocycles. The van der Waals surface area contributed by atoms with E-state index in [1.54, 1.807) is 0 Å². The van der Waals surface area contributed by atoms with Gasteiger partial charge in [-0.15, -0.1) is 0 Å². The Bertz CT molecular complexity index is 758. The summed E-state index contributed by atoms with van der Waals surface area (Å²) in [6.45, 7) is 2.11. The summed E-state index contributed by atoms with van der Waals surface area (Å²) in [4.78, 5) is 0.